The summed E-state index contributed by atoms with van der Waals surface area (Å²) in [6, 6.07) is 8.08. The molecular formula is C17H17N3O7. The molecule has 0 saturated heterocycles. The lowest BCUT2D eigenvalue weighted by Gasteiger charge is -2.11. The lowest BCUT2D eigenvalue weighted by atomic mass is 10.1. The van der Waals surface area contributed by atoms with Crippen molar-refractivity contribution < 1.29 is 28.7 Å². The van der Waals surface area contributed by atoms with Crippen LogP contribution in [0.2, 0.25) is 0 Å². The van der Waals surface area contributed by atoms with Crippen molar-refractivity contribution in [1.82, 2.24) is 0 Å². The summed E-state index contributed by atoms with van der Waals surface area (Å²) in [5, 5.41) is 13.2. The molecule has 10 nitrogen and oxygen atoms in total. The van der Waals surface area contributed by atoms with Crippen LogP contribution in [0.4, 0.5) is 17.1 Å². The molecule has 0 heterocycles. The zero-order valence-corrected chi connectivity index (χ0v) is 14.6. The average Bonchev–Trinajstić information content (AvgIpc) is 2.65. The molecule has 0 atom stereocenters. The highest BCUT2D eigenvalue weighted by Crippen LogP contribution is 2.29. The third-order valence-electron chi connectivity index (χ3n) is 3.47. The van der Waals surface area contributed by atoms with Gasteiger partial charge in [-0.15, -0.1) is 0 Å². The van der Waals surface area contributed by atoms with Gasteiger partial charge in [-0.1, -0.05) is 0 Å². The van der Waals surface area contributed by atoms with Crippen molar-refractivity contribution in [2.45, 2.75) is 0 Å². The monoisotopic (exact) mass is 375 g/mol. The third-order valence-corrected chi connectivity index (χ3v) is 3.47. The standard InChI is InChI=1S/C17H17N3O7/c1-25-14-6-3-10(7-15(14)26-2)19-16(21)9-27-17(22)12-5-4-11(20(23)24)8-13(12)18/h3-8H,9,18H2,1-2H3,(H,19,21). The number of benzene rings is 2. The molecule has 0 spiro atoms. The van der Waals surface area contributed by atoms with Gasteiger partial charge in [0, 0.05) is 23.9 Å². The van der Waals surface area contributed by atoms with Gasteiger partial charge in [0.05, 0.1) is 30.4 Å². The molecule has 3 N–H and O–H groups in total. The van der Waals surface area contributed by atoms with Crippen LogP contribution in [0.1, 0.15) is 10.4 Å². The van der Waals surface area contributed by atoms with E-state index in [9.17, 15) is 19.7 Å². The second-order valence-corrected chi connectivity index (χ2v) is 5.22. The molecule has 0 fully saturated rings. The molecule has 0 aliphatic carbocycles. The Morgan fingerprint density at radius 1 is 1.11 bits per heavy atom. The Bertz CT molecular complexity index is 883. The molecule has 0 bridgehead atoms. The maximum atomic E-state index is 12.0. The first kappa shape index (κ1) is 19.5. The number of carbonyl (C=O) groups excluding carboxylic acids is 2. The number of carbonyl (C=O) groups is 2. The first-order valence-corrected chi connectivity index (χ1v) is 7.58. The molecule has 0 aromatic heterocycles. The van der Waals surface area contributed by atoms with Gasteiger partial charge in [-0.3, -0.25) is 14.9 Å². The van der Waals surface area contributed by atoms with Gasteiger partial charge in [0.25, 0.3) is 11.6 Å². The van der Waals surface area contributed by atoms with E-state index >= 15 is 0 Å². The van der Waals surface area contributed by atoms with E-state index in [1.807, 2.05) is 0 Å². The fraction of sp³-hybridized carbons (Fsp3) is 0.176. The molecule has 1 amide bonds. The molecule has 142 valence electrons. The molecule has 2 aromatic rings. The quantitative estimate of drug-likeness (QED) is 0.324. The fourth-order valence-corrected chi connectivity index (χ4v) is 2.17. The van der Waals surface area contributed by atoms with Gasteiger partial charge in [-0.25, -0.2) is 4.79 Å². The number of methoxy groups -OCH3 is 2. The van der Waals surface area contributed by atoms with Crippen LogP contribution in [0.5, 0.6) is 11.5 Å². The SMILES string of the molecule is COc1ccc(NC(=O)COC(=O)c2ccc([N+](=O)[O-])cc2N)cc1OC. The number of non-ortho nitro benzene ring substituents is 1. The first-order chi connectivity index (χ1) is 12.8. The molecule has 2 aromatic carbocycles. The Balaban J connectivity index is 1.97. The lowest BCUT2D eigenvalue weighted by Crippen LogP contribution is -2.21. The minimum absolute atomic E-state index is 0.0699. The van der Waals surface area contributed by atoms with Crippen molar-refractivity contribution in [3.63, 3.8) is 0 Å². The van der Waals surface area contributed by atoms with Gasteiger partial charge in [-0.05, 0) is 18.2 Å². The number of esters is 1. The van der Waals surface area contributed by atoms with Crippen molar-refractivity contribution in [2.24, 2.45) is 0 Å². The normalized spacial score (nSPS) is 10.0. The number of nitro groups is 1. The molecular weight excluding hydrogens is 358 g/mol. The number of anilines is 2. The van der Waals surface area contributed by atoms with Crippen LogP contribution in [0.25, 0.3) is 0 Å². The molecule has 10 heteroatoms. The van der Waals surface area contributed by atoms with E-state index in [-0.39, 0.29) is 16.9 Å². The largest absolute Gasteiger partial charge is 0.493 e. The van der Waals surface area contributed by atoms with E-state index in [0.717, 1.165) is 12.1 Å². The number of rotatable bonds is 7. The van der Waals surface area contributed by atoms with Gasteiger partial charge >= 0.3 is 5.97 Å². The Kier molecular flexibility index (Phi) is 6.15. The zero-order valence-electron chi connectivity index (χ0n) is 14.6. The minimum atomic E-state index is -0.871. The molecule has 0 aliphatic heterocycles. The van der Waals surface area contributed by atoms with Crippen LogP contribution in [0.3, 0.4) is 0 Å². The number of nitro benzene ring substituents is 1. The average molecular weight is 375 g/mol. The summed E-state index contributed by atoms with van der Waals surface area (Å²) in [6.07, 6.45) is 0. The summed E-state index contributed by atoms with van der Waals surface area (Å²) in [4.78, 5) is 34.0. The Morgan fingerprint density at radius 3 is 2.41 bits per heavy atom. The highest BCUT2D eigenvalue weighted by Gasteiger charge is 2.17. The topological polar surface area (TPSA) is 143 Å². The Morgan fingerprint density at radius 2 is 1.81 bits per heavy atom. The maximum absolute atomic E-state index is 12.0. The number of hydrogen-bond acceptors (Lipinski definition) is 8. The van der Waals surface area contributed by atoms with Crippen LogP contribution >= 0.6 is 0 Å². The van der Waals surface area contributed by atoms with Crippen molar-refractivity contribution in [3.8, 4) is 11.5 Å². The van der Waals surface area contributed by atoms with Crippen molar-refractivity contribution in [3.05, 3.63) is 52.1 Å². The Hall–Kier alpha value is -3.82. The minimum Gasteiger partial charge on any atom is -0.493 e. The molecule has 0 aliphatic rings. The number of nitrogen functional groups attached to an aromatic ring is 1. The summed E-state index contributed by atoms with van der Waals surface area (Å²) in [5.41, 5.74) is 5.60. The van der Waals surface area contributed by atoms with E-state index in [4.69, 9.17) is 19.9 Å². The zero-order chi connectivity index (χ0) is 20.0. The van der Waals surface area contributed by atoms with E-state index in [1.54, 1.807) is 18.2 Å². The van der Waals surface area contributed by atoms with E-state index in [2.05, 4.69) is 5.32 Å². The van der Waals surface area contributed by atoms with Gasteiger partial charge < -0.3 is 25.3 Å². The number of hydrogen-bond donors (Lipinski definition) is 2. The summed E-state index contributed by atoms with van der Waals surface area (Å²) in [7, 11) is 2.94. The van der Waals surface area contributed by atoms with Crippen LogP contribution in [0.15, 0.2) is 36.4 Å². The summed E-state index contributed by atoms with van der Waals surface area (Å²) >= 11 is 0. The Labute approximate surface area is 154 Å². The third kappa shape index (κ3) is 4.84. The van der Waals surface area contributed by atoms with Crippen LogP contribution < -0.4 is 20.5 Å². The molecule has 0 unspecified atom stereocenters. The number of ether oxygens (including phenoxy) is 3. The van der Waals surface area contributed by atoms with Crippen LogP contribution in [0, 0.1) is 10.1 Å². The van der Waals surface area contributed by atoms with Gasteiger partial charge in [0.15, 0.2) is 18.1 Å². The number of amides is 1. The predicted octanol–water partition coefficient (Wildman–Crippen LogP) is 1.99. The first-order valence-electron chi connectivity index (χ1n) is 7.58. The van der Waals surface area contributed by atoms with Gasteiger partial charge in [0.1, 0.15) is 0 Å². The number of nitrogens with zero attached hydrogens (tertiary/aromatic N) is 1. The van der Waals surface area contributed by atoms with Crippen molar-refractivity contribution in [2.75, 3.05) is 31.9 Å². The van der Waals surface area contributed by atoms with E-state index in [0.29, 0.717) is 17.2 Å². The lowest BCUT2D eigenvalue weighted by molar-refractivity contribution is -0.384. The van der Waals surface area contributed by atoms with Gasteiger partial charge in [0.2, 0.25) is 0 Å². The second kappa shape index (κ2) is 8.52. The summed E-state index contributed by atoms with van der Waals surface area (Å²) in [6.45, 7) is -0.566. The smallest absolute Gasteiger partial charge is 0.340 e. The van der Waals surface area contributed by atoms with Gasteiger partial charge in [-0.2, -0.15) is 0 Å². The van der Waals surface area contributed by atoms with E-state index < -0.39 is 23.4 Å². The van der Waals surface area contributed by atoms with Crippen LogP contribution in [-0.2, 0) is 9.53 Å². The van der Waals surface area contributed by atoms with E-state index in [1.165, 1.54) is 20.3 Å². The fourth-order valence-electron chi connectivity index (χ4n) is 2.17. The maximum Gasteiger partial charge on any atom is 0.340 e. The number of nitrogens with two attached hydrogens (primary N) is 1. The van der Waals surface area contributed by atoms with Crippen molar-refractivity contribution >= 4 is 28.9 Å². The molecule has 2 rings (SSSR count). The highest BCUT2D eigenvalue weighted by atomic mass is 16.6. The molecule has 27 heavy (non-hydrogen) atoms. The molecule has 0 saturated carbocycles. The summed E-state index contributed by atoms with van der Waals surface area (Å²) < 4.78 is 15.1. The van der Waals surface area contributed by atoms with Crippen molar-refractivity contribution in [1.29, 1.82) is 0 Å². The molecule has 0 radical (unpaired) electrons. The summed E-state index contributed by atoms with van der Waals surface area (Å²) in [5.74, 6) is -0.539. The predicted molar refractivity (Wildman–Crippen MR) is 96.0 cm³/mol. The number of nitrogens with one attached hydrogen (secondary N) is 1. The highest BCUT2D eigenvalue weighted by molar-refractivity contribution is 5.98. The second-order valence-electron chi connectivity index (χ2n) is 5.22. The van der Waals surface area contributed by atoms with Crippen LogP contribution in [-0.4, -0.2) is 37.6 Å².